The number of carbonyl (C=O) groups excluding carboxylic acids is 2. The molecule has 0 saturated heterocycles. The molecule has 0 unspecified atom stereocenters. The van der Waals surface area contributed by atoms with E-state index >= 15 is 0 Å². The number of nitrogens with zero attached hydrogens (tertiary/aromatic N) is 4. The third-order valence-corrected chi connectivity index (χ3v) is 10.2. The Kier molecular flexibility index (Phi) is 9.00. The number of aromatic nitrogens is 4. The molecule has 2 amide bonds. The topological polar surface area (TPSA) is 147 Å². The molecular formula is C34H36ClN7O4Si. The van der Waals surface area contributed by atoms with Crippen LogP contribution in [0.4, 0.5) is 0 Å². The van der Waals surface area contributed by atoms with E-state index in [0.29, 0.717) is 41.1 Å². The van der Waals surface area contributed by atoms with E-state index in [2.05, 4.69) is 31.9 Å². The molecule has 242 valence electrons. The van der Waals surface area contributed by atoms with Crippen LogP contribution in [0, 0.1) is 6.92 Å². The summed E-state index contributed by atoms with van der Waals surface area (Å²) in [5, 5.41) is 16.9. The van der Waals surface area contributed by atoms with Gasteiger partial charge < -0.3 is 25.2 Å². The molecule has 1 aliphatic heterocycles. The monoisotopic (exact) mass is 669 g/mol. The maximum atomic E-state index is 13.2. The zero-order valence-corrected chi connectivity index (χ0v) is 28.4. The van der Waals surface area contributed by atoms with Crippen molar-refractivity contribution in [3.63, 3.8) is 0 Å². The summed E-state index contributed by atoms with van der Waals surface area (Å²) in [7, 11) is -0.883. The van der Waals surface area contributed by atoms with Gasteiger partial charge in [0.1, 0.15) is 17.6 Å². The summed E-state index contributed by atoms with van der Waals surface area (Å²) in [4.78, 5) is 44.8. The van der Waals surface area contributed by atoms with Gasteiger partial charge in [0.15, 0.2) is 5.82 Å². The van der Waals surface area contributed by atoms with Crippen molar-refractivity contribution in [2.75, 3.05) is 20.2 Å². The molecule has 0 radical (unpaired) electrons. The van der Waals surface area contributed by atoms with Gasteiger partial charge in [-0.2, -0.15) is 0 Å². The maximum absolute atomic E-state index is 13.2. The van der Waals surface area contributed by atoms with Crippen molar-refractivity contribution in [1.82, 2.24) is 30.4 Å². The Morgan fingerprint density at radius 2 is 1.83 bits per heavy atom. The van der Waals surface area contributed by atoms with Crippen LogP contribution in [0.2, 0.25) is 18.1 Å². The number of aryl methyl sites for hydroxylation is 1. The largest absolute Gasteiger partial charge is 0.497 e. The summed E-state index contributed by atoms with van der Waals surface area (Å²) < 4.78 is 7.43. The van der Waals surface area contributed by atoms with Gasteiger partial charge in [0.05, 0.1) is 31.5 Å². The summed E-state index contributed by atoms with van der Waals surface area (Å²) in [6, 6.07) is 18.4. The molecule has 1 aliphatic rings. The molecule has 0 spiro atoms. The van der Waals surface area contributed by atoms with E-state index in [4.69, 9.17) is 21.3 Å². The third-order valence-electron chi connectivity index (χ3n) is 8.22. The fourth-order valence-electron chi connectivity index (χ4n) is 5.84. The average molecular weight is 670 g/mol. The normalized spacial score (nSPS) is 14.2. The van der Waals surface area contributed by atoms with E-state index in [1.54, 1.807) is 19.2 Å². The second kappa shape index (κ2) is 13.1. The van der Waals surface area contributed by atoms with Crippen molar-refractivity contribution in [1.29, 1.82) is 0 Å². The van der Waals surface area contributed by atoms with E-state index in [0.717, 1.165) is 38.5 Å². The summed E-state index contributed by atoms with van der Waals surface area (Å²) >= 11 is 6.19. The van der Waals surface area contributed by atoms with Crippen molar-refractivity contribution in [3.8, 4) is 11.4 Å². The SMILES string of the molecule is COc1ccc2c(c1)C(c1ccc(Cl)cc1)=N[C@@H](CC(=O)NCC(=O)NCCc1ccc3[nH]cc([Si](C)(C)O)c3c1)c1nnc(C)n1-2. The van der Waals surface area contributed by atoms with Crippen LogP contribution >= 0.6 is 11.6 Å². The smallest absolute Gasteiger partial charge is 0.239 e. The number of carbonyl (C=O) groups is 2. The fourth-order valence-corrected chi connectivity index (χ4v) is 7.26. The number of hydrogen-bond donors (Lipinski definition) is 4. The second-order valence-corrected chi connectivity index (χ2v) is 16.1. The predicted octanol–water partition coefficient (Wildman–Crippen LogP) is 3.88. The van der Waals surface area contributed by atoms with Crippen LogP contribution in [-0.4, -0.2) is 70.6 Å². The Balaban J connectivity index is 1.14. The zero-order chi connectivity index (χ0) is 33.3. The molecule has 47 heavy (non-hydrogen) atoms. The Hall–Kier alpha value is -4.78. The lowest BCUT2D eigenvalue weighted by atomic mass is 10.00. The molecular weight excluding hydrogens is 634 g/mol. The van der Waals surface area contributed by atoms with Crippen molar-refractivity contribution in [3.05, 3.63) is 100 Å². The van der Waals surface area contributed by atoms with Crippen LogP contribution in [0.3, 0.4) is 0 Å². The molecule has 2 aromatic heterocycles. The van der Waals surface area contributed by atoms with Gasteiger partial charge in [-0.1, -0.05) is 29.8 Å². The van der Waals surface area contributed by atoms with Crippen molar-refractivity contribution in [2.24, 2.45) is 4.99 Å². The second-order valence-electron chi connectivity index (χ2n) is 12.0. The van der Waals surface area contributed by atoms with Crippen molar-refractivity contribution >= 4 is 53.5 Å². The molecule has 4 N–H and O–H groups in total. The minimum Gasteiger partial charge on any atom is -0.497 e. The summed E-state index contributed by atoms with van der Waals surface area (Å²) in [6.07, 6.45) is 2.44. The van der Waals surface area contributed by atoms with Gasteiger partial charge in [-0.05, 0) is 79.7 Å². The minimum absolute atomic E-state index is 0.0445. The Bertz CT molecular complexity index is 2000. The highest BCUT2D eigenvalue weighted by atomic mass is 35.5. The predicted molar refractivity (Wildman–Crippen MR) is 184 cm³/mol. The van der Waals surface area contributed by atoms with Gasteiger partial charge in [-0.25, -0.2) is 0 Å². The highest BCUT2D eigenvalue weighted by Crippen LogP contribution is 2.34. The average Bonchev–Trinajstić information content (AvgIpc) is 3.62. The summed E-state index contributed by atoms with van der Waals surface area (Å²) in [5.41, 5.74) is 5.10. The Labute approximate surface area is 278 Å². The van der Waals surface area contributed by atoms with E-state index < -0.39 is 14.4 Å². The maximum Gasteiger partial charge on any atom is 0.239 e. The molecule has 3 aromatic carbocycles. The number of nitrogens with one attached hydrogen (secondary N) is 3. The number of halogens is 1. The molecule has 0 bridgehead atoms. The Morgan fingerprint density at radius 3 is 2.57 bits per heavy atom. The van der Waals surface area contributed by atoms with Crippen molar-refractivity contribution in [2.45, 2.75) is 38.9 Å². The van der Waals surface area contributed by atoms with Gasteiger partial charge in [-0.15, -0.1) is 10.2 Å². The number of ether oxygens (including phenoxy) is 1. The number of fused-ring (bicyclic) bond motifs is 4. The van der Waals surface area contributed by atoms with Gasteiger partial charge in [0.25, 0.3) is 0 Å². The fraction of sp³-hybridized carbons (Fsp3) is 0.265. The van der Waals surface area contributed by atoms with Crippen LogP contribution in [0.25, 0.3) is 16.6 Å². The number of rotatable bonds is 10. The first-order valence-electron chi connectivity index (χ1n) is 15.3. The van der Waals surface area contributed by atoms with Crippen molar-refractivity contribution < 1.29 is 19.1 Å². The Morgan fingerprint density at radius 1 is 1.04 bits per heavy atom. The summed E-state index contributed by atoms with van der Waals surface area (Å²) in [6.45, 7) is 5.86. The molecule has 1 atom stereocenters. The standard InChI is InChI=1S/C34H36ClN7O4Si/c1-20-40-41-34-28(39-33(22-6-8-23(35)9-7-22)26-16-24(46-2)10-12-29(26)42(20)34)17-31(43)38-19-32(44)36-14-13-21-5-11-27-25(15-21)30(18-37-27)47(3,4)45/h5-12,15-16,18,28,37,45H,13-14,17,19H2,1-4H3,(H,36,44)(H,38,43)/t28-/m0/s1. The third kappa shape index (κ3) is 6.85. The van der Waals surface area contributed by atoms with Crippen LogP contribution in [0.1, 0.15) is 40.8 Å². The quantitative estimate of drug-likeness (QED) is 0.166. The van der Waals surface area contributed by atoms with Gasteiger partial charge >= 0.3 is 0 Å². The van der Waals surface area contributed by atoms with E-state index in [1.165, 1.54) is 0 Å². The van der Waals surface area contributed by atoms with E-state index in [9.17, 15) is 14.4 Å². The van der Waals surface area contributed by atoms with E-state index in [1.807, 2.05) is 73.2 Å². The number of methoxy groups -OCH3 is 1. The molecule has 0 fully saturated rings. The van der Waals surface area contributed by atoms with E-state index in [-0.39, 0.29) is 24.8 Å². The van der Waals surface area contributed by atoms with Crippen LogP contribution in [0.15, 0.2) is 71.9 Å². The molecule has 6 rings (SSSR count). The lowest BCUT2D eigenvalue weighted by Gasteiger charge is -2.14. The number of H-pyrrole nitrogens is 1. The van der Waals surface area contributed by atoms with Gasteiger partial charge in [-0.3, -0.25) is 19.1 Å². The lowest BCUT2D eigenvalue weighted by Crippen LogP contribution is -2.40. The number of aromatic amines is 1. The van der Waals surface area contributed by atoms with Crippen LogP contribution < -0.4 is 20.6 Å². The summed E-state index contributed by atoms with van der Waals surface area (Å²) in [5.74, 6) is 1.19. The zero-order valence-electron chi connectivity index (χ0n) is 26.6. The molecule has 5 aromatic rings. The molecule has 0 aliphatic carbocycles. The molecule has 3 heterocycles. The molecule has 13 heteroatoms. The number of aliphatic imine (C=N–C) groups is 1. The lowest BCUT2D eigenvalue weighted by molar-refractivity contribution is -0.126. The first-order valence-corrected chi connectivity index (χ1v) is 18.6. The highest BCUT2D eigenvalue weighted by Gasteiger charge is 2.30. The van der Waals surface area contributed by atoms with Crippen LogP contribution in [-0.2, 0) is 16.0 Å². The first kappa shape index (κ1) is 32.2. The highest BCUT2D eigenvalue weighted by molar-refractivity contribution is 6.85. The number of amides is 2. The minimum atomic E-state index is -2.49. The van der Waals surface area contributed by atoms with Gasteiger partial charge in [0, 0.05) is 39.8 Å². The van der Waals surface area contributed by atoms with Crippen LogP contribution in [0.5, 0.6) is 5.75 Å². The number of benzene rings is 3. The number of hydrogen-bond acceptors (Lipinski definition) is 7. The molecule has 0 saturated carbocycles. The molecule has 11 nitrogen and oxygen atoms in total. The van der Waals surface area contributed by atoms with Gasteiger partial charge in [0.2, 0.25) is 20.1 Å². The first-order chi connectivity index (χ1) is 22.5.